The topological polar surface area (TPSA) is 74.0 Å². The highest BCUT2D eigenvalue weighted by molar-refractivity contribution is 6.06. The van der Waals surface area contributed by atoms with Crippen LogP contribution in [-0.4, -0.2) is 16.7 Å². The van der Waals surface area contributed by atoms with Crippen LogP contribution in [0.15, 0.2) is 42.2 Å². The van der Waals surface area contributed by atoms with E-state index >= 15 is 0 Å². The van der Waals surface area contributed by atoms with Gasteiger partial charge in [0.25, 0.3) is 5.91 Å². The Morgan fingerprint density at radius 2 is 2.00 bits per heavy atom. The second-order valence-corrected chi connectivity index (χ2v) is 6.48. The van der Waals surface area contributed by atoms with Crippen molar-refractivity contribution >= 4 is 22.6 Å². The normalized spacial score (nSPS) is 17.2. The third-order valence-electron chi connectivity index (χ3n) is 3.83. The first-order valence-electron chi connectivity index (χ1n) is 7.30. The number of carbonyl (C=O) groups excluding carboxylic acids is 2. The molecule has 5 heteroatoms. The number of ketones is 1. The molecule has 0 saturated heterocycles. The number of aromatic nitrogens is 1. The first kappa shape index (κ1) is 14.4. The van der Waals surface area contributed by atoms with Gasteiger partial charge in [-0.15, -0.1) is 0 Å². The summed E-state index contributed by atoms with van der Waals surface area (Å²) in [4.78, 5) is 27.1. The van der Waals surface area contributed by atoms with Gasteiger partial charge in [0.15, 0.2) is 5.78 Å². The fourth-order valence-corrected chi connectivity index (χ4v) is 2.89. The van der Waals surface area contributed by atoms with Gasteiger partial charge in [-0.25, -0.2) is 0 Å². The van der Waals surface area contributed by atoms with E-state index < -0.39 is 0 Å². The number of fused-ring (bicyclic) bond motifs is 1. The Morgan fingerprint density at radius 1 is 1.23 bits per heavy atom. The number of nitrogens with one attached hydrogen (secondary N) is 3. The van der Waals surface area contributed by atoms with Gasteiger partial charge in [0, 0.05) is 35.3 Å². The number of benzene rings is 1. The number of aromatic amines is 1. The third kappa shape index (κ3) is 2.88. The lowest BCUT2D eigenvalue weighted by Gasteiger charge is -2.29. The number of hydrogen-bond donors (Lipinski definition) is 3. The molecule has 1 amide bonds. The fourth-order valence-electron chi connectivity index (χ4n) is 2.89. The second-order valence-electron chi connectivity index (χ2n) is 6.48. The Kier molecular flexibility index (Phi) is 3.48. The molecule has 0 spiro atoms. The van der Waals surface area contributed by atoms with Crippen molar-refractivity contribution in [2.24, 2.45) is 5.41 Å². The van der Waals surface area contributed by atoms with Crippen molar-refractivity contribution in [3.8, 4) is 0 Å². The summed E-state index contributed by atoms with van der Waals surface area (Å²) in [5.41, 5.74) is 7.72. The molecular formula is C17H19N3O2. The summed E-state index contributed by atoms with van der Waals surface area (Å²) in [6, 6.07) is 7.63. The number of amides is 1. The van der Waals surface area contributed by atoms with Gasteiger partial charge in [0.1, 0.15) is 0 Å². The number of hydrogen-bond acceptors (Lipinski definition) is 3. The van der Waals surface area contributed by atoms with Crippen LogP contribution in [0.5, 0.6) is 0 Å². The minimum absolute atomic E-state index is 0.0834. The first-order valence-corrected chi connectivity index (χ1v) is 7.30. The molecule has 0 fully saturated rings. The highest BCUT2D eigenvalue weighted by Gasteiger charge is 2.27. The van der Waals surface area contributed by atoms with Crippen molar-refractivity contribution in [2.75, 3.05) is 0 Å². The molecule has 1 aromatic heterocycles. The Hall–Kier alpha value is -2.56. The van der Waals surface area contributed by atoms with Crippen LogP contribution in [0, 0.1) is 5.41 Å². The number of hydrazine groups is 1. The summed E-state index contributed by atoms with van der Waals surface area (Å²) >= 11 is 0. The maximum Gasteiger partial charge on any atom is 0.271 e. The van der Waals surface area contributed by atoms with Crippen molar-refractivity contribution in [3.05, 3.63) is 47.8 Å². The van der Waals surface area contributed by atoms with E-state index in [1.54, 1.807) is 12.3 Å². The summed E-state index contributed by atoms with van der Waals surface area (Å²) in [6.45, 7) is 4.09. The monoisotopic (exact) mass is 297 g/mol. The van der Waals surface area contributed by atoms with Gasteiger partial charge in [0.05, 0.1) is 5.56 Å². The lowest BCUT2D eigenvalue weighted by Crippen LogP contribution is -2.39. The minimum Gasteiger partial charge on any atom is -0.360 e. The lowest BCUT2D eigenvalue weighted by atomic mass is 9.79. The average molecular weight is 297 g/mol. The maximum atomic E-state index is 12.3. The molecule has 3 N–H and O–H groups in total. The van der Waals surface area contributed by atoms with E-state index in [-0.39, 0.29) is 17.1 Å². The van der Waals surface area contributed by atoms with Gasteiger partial charge in [0.2, 0.25) is 0 Å². The van der Waals surface area contributed by atoms with E-state index in [4.69, 9.17) is 0 Å². The van der Waals surface area contributed by atoms with Gasteiger partial charge >= 0.3 is 0 Å². The Labute approximate surface area is 128 Å². The standard InChI is InChI=1S/C17H19N3O2/c1-17(2)8-11(7-12(21)9-17)19-20-16(22)14-10-18-15-6-4-3-5-13(14)15/h3-7,10,18-19H,8-9H2,1-2H3,(H,20,22). The van der Waals surface area contributed by atoms with E-state index in [9.17, 15) is 9.59 Å². The smallest absolute Gasteiger partial charge is 0.271 e. The van der Waals surface area contributed by atoms with Crippen molar-refractivity contribution in [1.29, 1.82) is 0 Å². The third-order valence-corrected chi connectivity index (χ3v) is 3.83. The SMILES string of the molecule is CC1(C)CC(=O)C=C(NNC(=O)c2c[nH]c3ccccc23)C1. The van der Waals surface area contributed by atoms with E-state index in [1.165, 1.54) is 0 Å². The molecule has 2 aromatic rings. The molecule has 0 atom stereocenters. The number of para-hydroxylation sites is 1. The largest absolute Gasteiger partial charge is 0.360 e. The van der Waals surface area contributed by atoms with Crippen molar-refractivity contribution in [1.82, 2.24) is 15.8 Å². The zero-order valence-electron chi connectivity index (χ0n) is 12.7. The number of carbonyl (C=O) groups is 2. The zero-order chi connectivity index (χ0) is 15.7. The summed E-state index contributed by atoms with van der Waals surface area (Å²) in [7, 11) is 0. The number of rotatable bonds is 3. The van der Waals surface area contributed by atoms with E-state index in [2.05, 4.69) is 15.8 Å². The van der Waals surface area contributed by atoms with Crippen LogP contribution in [0.25, 0.3) is 10.9 Å². The van der Waals surface area contributed by atoms with Gasteiger partial charge < -0.3 is 10.4 Å². The summed E-state index contributed by atoms with van der Waals surface area (Å²) in [6.07, 6.45) is 4.52. The van der Waals surface area contributed by atoms with Gasteiger partial charge in [-0.2, -0.15) is 0 Å². The molecule has 22 heavy (non-hydrogen) atoms. The first-order chi connectivity index (χ1) is 10.4. The molecule has 114 valence electrons. The molecule has 1 aliphatic rings. The van der Waals surface area contributed by atoms with Crippen LogP contribution in [-0.2, 0) is 4.79 Å². The molecule has 0 aliphatic heterocycles. The molecule has 0 radical (unpaired) electrons. The number of H-pyrrole nitrogens is 1. The van der Waals surface area contributed by atoms with Crippen LogP contribution in [0.2, 0.25) is 0 Å². The Bertz CT molecular complexity index is 771. The Balaban J connectivity index is 1.72. The molecule has 0 unspecified atom stereocenters. The zero-order valence-corrected chi connectivity index (χ0v) is 12.7. The molecule has 3 rings (SSSR count). The molecule has 1 heterocycles. The molecule has 0 bridgehead atoms. The van der Waals surface area contributed by atoms with E-state index in [0.29, 0.717) is 12.0 Å². The van der Waals surface area contributed by atoms with Crippen molar-refractivity contribution in [2.45, 2.75) is 26.7 Å². The highest BCUT2D eigenvalue weighted by atomic mass is 16.2. The van der Waals surface area contributed by atoms with Crippen LogP contribution < -0.4 is 10.9 Å². The molecular weight excluding hydrogens is 278 g/mol. The van der Waals surface area contributed by atoms with Crippen LogP contribution in [0.3, 0.4) is 0 Å². The van der Waals surface area contributed by atoms with Gasteiger partial charge in [-0.3, -0.25) is 15.0 Å². The highest BCUT2D eigenvalue weighted by Crippen LogP contribution is 2.32. The summed E-state index contributed by atoms with van der Waals surface area (Å²) in [5, 5.41) is 0.871. The van der Waals surface area contributed by atoms with Gasteiger partial charge in [-0.1, -0.05) is 32.0 Å². The van der Waals surface area contributed by atoms with Crippen molar-refractivity contribution < 1.29 is 9.59 Å². The maximum absolute atomic E-state index is 12.3. The summed E-state index contributed by atoms with van der Waals surface area (Å²) < 4.78 is 0. The molecule has 1 aromatic carbocycles. The minimum atomic E-state index is -0.228. The van der Waals surface area contributed by atoms with Crippen LogP contribution in [0.1, 0.15) is 37.0 Å². The molecule has 5 nitrogen and oxygen atoms in total. The quantitative estimate of drug-likeness (QED) is 0.763. The van der Waals surface area contributed by atoms with E-state index in [0.717, 1.165) is 23.0 Å². The van der Waals surface area contributed by atoms with Crippen molar-refractivity contribution in [3.63, 3.8) is 0 Å². The number of allylic oxidation sites excluding steroid dienone is 2. The fraction of sp³-hybridized carbons (Fsp3) is 0.294. The summed E-state index contributed by atoms with van der Waals surface area (Å²) in [5.74, 6) is -0.144. The van der Waals surface area contributed by atoms with Crippen LogP contribution >= 0.6 is 0 Å². The molecule has 0 saturated carbocycles. The van der Waals surface area contributed by atoms with E-state index in [1.807, 2.05) is 38.1 Å². The average Bonchev–Trinajstić information content (AvgIpc) is 2.86. The predicted octanol–water partition coefficient (Wildman–Crippen LogP) is 2.68. The lowest BCUT2D eigenvalue weighted by molar-refractivity contribution is -0.117. The Morgan fingerprint density at radius 3 is 2.77 bits per heavy atom. The van der Waals surface area contributed by atoms with Gasteiger partial charge in [-0.05, 0) is 17.9 Å². The van der Waals surface area contributed by atoms with Crippen LogP contribution in [0.4, 0.5) is 0 Å². The molecule has 1 aliphatic carbocycles. The predicted molar refractivity (Wildman–Crippen MR) is 85.0 cm³/mol. The second kappa shape index (κ2) is 5.33.